The number of rotatable bonds is 3. The van der Waals surface area contributed by atoms with Gasteiger partial charge in [-0.1, -0.05) is 29.8 Å². The monoisotopic (exact) mass is 259 g/mol. The SMILES string of the molecule is CC1(C)CCN(CC2(CBr)CC2)CC1. The predicted molar refractivity (Wildman–Crippen MR) is 64.9 cm³/mol. The van der Waals surface area contributed by atoms with Gasteiger partial charge in [-0.25, -0.2) is 0 Å². The zero-order chi connectivity index (χ0) is 10.2. The smallest absolute Gasteiger partial charge is 0.0100 e. The molecule has 1 heterocycles. The summed E-state index contributed by atoms with van der Waals surface area (Å²) >= 11 is 3.66. The third kappa shape index (κ3) is 2.52. The van der Waals surface area contributed by atoms with Crippen LogP contribution in [0.4, 0.5) is 0 Å². The van der Waals surface area contributed by atoms with Crippen LogP contribution in [0, 0.1) is 10.8 Å². The Hall–Kier alpha value is 0.440. The second kappa shape index (κ2) is 3.79. The molecule has 0 aromatic rings. The summed E-state index contributed by atoms with van der Waals surface area (Å²) < 4.78 is 0. The summed E-state index contributed by atoms with van der Waals surface area (Å²) in [5.74, 6) is 0. The molecule has 2 aliphatic rings. The lowest BCUT2D eigenvalue weighted by molar-refractivity contribution is 0.116. The molecule has 0 amide bonds. The molecule has 0 radical (unpaired) electrons. The Kier molecular flexibility index (Phi) is 2.96. The number of likely N-dealkylation sites (tertiary alicyclic amines) is 1. The summed E-state index contributed by atoms with van der Waals surface area (Å²) in [6.45, 7) is 8.79. The Bertz CT molecular complexity index is 198. The van der Waals surface area contributed by atoms with Crippen LogP contribution in [-0.2, 0) is 0 Å². The average Bonchev–Trinajstić information content (AvgIpc) is 2.90. The first-order valence-electron chi connectivity index (χ1n) is 5.84. The second-order valence-electron chi connectivity index (χ2n) is 6.07. The minimum Gasteiger partial charge on any atom is -0.303 e. The van der Waals surface area contributed by atoms with Gasteiger partial charge in [0.05, 0.1) is 0 Å². The Labute approximate surface area is 96.4 Å². The maximum Gasteiger partial charge on any atom is 0.0100 e. The van der Waals surface area contributed by atoms with Crippen molar-refractivity contribution in [2.75, 3.05) is 25.0 Å². The van der Waals surface area contributed by atoms with Gasteiger partial charge in [-0.3, -0.25) is 0 Å². The Morgan fingerprint density at radius 2 is 1.64 bits per heavy atom. The van der Waals surface area contributed by atoms with Crippen molar-refractivity contribution in [3.8, 4) is 0 Å². The lowest BCUT2D eigenvalue weighted by atomic mass is 9.82. The highest BCUT2D eigenvalue weighted by Crippen LogP contribution is 2.48. The van der Waals surface area contributed by atoms with Crippen molar-refractivity contribution in [3.05, 3.63) is 0 Å². The number of piperidine rings is 1. The van der Waals surface area contributed by atoms with Gasteiger partial charge in [-0.05, 0) is 49.6 Å². The van der Waals surface area contributed by atoms with Crippen molar-refractivity contribution >= 4 is 15.9 Å². The van der Waals surface area contributed by atoms with Crippen LogP contribution in [0.2, 0.25) is 0 Å². The van der Waals surface area contributed by atoms with Crippen LogP contribution < -0.4 is 0 Å². The molecule has 2 rings (SSSR count). The first-order chi connectivity index (χ1) is 6.55. The Balaban J connectivity index is 1.79. The van der Waals surface area contributed by atoms with Crippen molar-refractivity contribution in [3.63, 3.8) is 0 Å². The average molecular weight is 260 g/mol. The molecule has 0 aromatic carbocycles. The normalized spacial score (nSPS) is 30.2. The fourth-order valence-electron chi connectivity index (χ4n) is 2.30. The van der Waals surface area contributed by atoms with Gasteiger partial charge in [0.1, 0.15) is 0 Å². The van der Waals surface area contributed by atoms with Crippen molar-refractivity contribution in [2.24, 2.45) is 10.8 Å². The van der Waals surface area contributed by atoms with E-state index in [1.807, 2.05) is 0 Å². The minimum atomic E-state index is 0.599. The highest BCUT2D eigenvalue weighted by molar-refractivity contribution is 9.09. The maximum absolute atomic E-state index is 3.66. The number of hydrogen-bond acceptors (Lipinski definition) is 1. The summed E-state index contributed by atoms with van der Waals surface area (Å²) in [6, 6.07) is 0. The van der Waals surface area contributed by atoms with Gasteiger partial charge in [0.2, 0.25) is 0 Å². The van der Waals surface area contributed by atoms with Crippen LogP contribution in [-0.4, -0.2) is 29.9 Å². The van der Waals surface area contributed by atoms with Crippen molar-refractivity contribution in [1.82, 2.24) is 4.90 Å². The van der Waals surface area contributed by atoms with E-state index in [9.17, 15) is 0 Å². The van der Waals surface area contributed by atoms with E-state index < -0.39 is 0 Å². The molecule has 1 aliphatic carbocycles. The van der Waals surface area contributed by atoms with Gasteiger partial charge in [-0.2, -0.15) is 0 Å². The zero-order valence-electron chi connectivity index (χ0n) is 9.48. The molecule has 82 valence electrons. The first-order valence-corrected chi connectivity index (χ1v) is 6.96. The Morgan fingerprint density at radius 1 is 1.07 bits per heavy atom. The largest absolute Gasteiger partial charge is 0.303 e. The fourth-order valence-corrected chi connectivity index (χ4v) is 3.04. The molecule has 2 fully saturated rings. The quantitative estimate of drug-likeness (QED) is 0.704. The van der Waals surface area contributed by atoms with E-state index in [0.717, 1.165) is 0 Å². The topological polar surface area (TPSA) is 3.24 Å². The van der Waals surface area contributed by atoms with Crippen LogP contribution in [0.5, 0.6) is 0 Å². The molecule has 0 N–H and O–H groups in total. The van der Waals surface area contributed by atoms with Gasteiger partial charge >= 0.3 is 0 Å². The second-order valence-corrected chi connectivity index (χ2v) is 6.63. The zero-order valence-corrected chi connectivity index (χ0v) is 11.1. The van der Waals surface area contributed by atoms with Crippen LogP contribution >= 0.6 is 15.9 Å². The molecular formula is C12H22BrN. The van der Waals surface area contributed by atoms with Crippen LogP contribution in [0.1, 0.15) is 39.5 Å². The van der Waals surface area contributed by atoms with Gasteiger partial charge in [0.25, 0.3) is 0 Å². The summed E-state index contributed by atoms with van der Waals surface area (Å²) in [6.07, 6.45) is 5.65. The summed E-state index contributed by atoms with van der Waals surface area (Å²) in [7, 11) is 0. The molecule has 0 bridgehead atoms. The first kappa shape index (κ1) is 10.9. The van der Waals surface area contributed by atoms with Crippen molar-refractivity contribution in [2.45, 2.75) is 39.5 Å². The number of hydrogen-bond donors (Lipinski definition) is 0. The van der Waals surface area contributed by atoms with E-state index in [1.54, 1.807) is 0 Å². The minimum absolute atomic E-state index is 0.599. The molecule has 14 heavy (non-hydrogen) atoms. The summed E-state index contributed by atoms with van der Waals surface area (Å²) in [4.78, 5) is 2.68. The third-order valence-electron chi connectivity index (χ3n) is 4.01. The van der Waals surface area contributed by atoms with E-state index >= 15 is 0 Å². The van der Waals surface area contributed by atoms with Gasteiger partial charge in [-0.15, -0.1) is 0 Å². The van der Waals surface area contributed by atoms with E-state index in [-0.39, 0.29) is 0 Å². The molecule has 0 unspecified atom stereocenters. The van der Waals surface area contributed by atoms with Crippen molar-refractivity contribution in [1.29, 1.82) is 0 Å². The number of alkyl halides is 1. The van der Waals surface area contributed by atoms with Crippen molar-refractivity contribution < 1.29 is 0 Å². The highest BCUT2D eigenvalue weighted by Gasteiger charge is 2.43. The van der Waals surface area contributed by atoms with Crippen LogP contribution in [0.15, 0.2) is 0 Å². The van der Waals surface area contributed by atoms with Gasteiger partial charge < -0.3 is 4.90 Å². The summed E-state index contributed by atoms with van der Waals surface area (Å²) in [5.41, 5.74) is 1.27. The Morgan fingerprint density at radius 3 is 2.07 bits per heavy atom. The summed E-state index contributed by atoms with van der Waals surface area (Å²) in [5, 5.41) is 1.21. The lowest BCUT2D eigenvalue weighted by Gasteiger charge is -2.38. The molecular weight excluding hydrogens is 238 g/mol. The highest BCUT2D eigenvalue weighted by atomic mass is 79.9. The standard InChI is InChI=1S/C12H22BrN/c1-11(2)5-7-14(8-6-11)10-12(9-13)3-4-12/h3-10H2,1-2H3. The lowest BCUT2D eigenvalue weighted by Crippen LogP contribution is -2.40. The predicted octanol–water partition coefficient (Wildman–Crippen LogP) is 3.28. The van der Waals surface area contributed by atoms with Gasteiger partial charge in [0, 0.05) is 11.9 Å². The number of halogens is 1. The molecule has 1 nitrogen and oxygen atoms in total. The molecule has 1 saturated carbocycles. The fraction of sp³-hybridized carbons (Fsp3) is 1.00. The van der Waals surface area contributed by atoms with Crippen LogP contribution in [0.3, 0.4) is 0 Å². The third-order valence-corrected chi connectivity index (χ3v) is 5.20. The molecule has 2 heteroatoms. The molecule has 1 saturated heterocycles. The number of nitrogens with zero attached hydrogens (tertiary/aromatic N) is 1. The van der Waals surface area contributed by atoms with Gasteiger partial charge in [0.15, 0.2) is 0 Å². The van der Waals surface area contributed by atoms with E-state index in [2.05, 4.69) is 34.7 Å². The molecule has 0 spiro atoms. The molecule has 0 aromatic heterocycles. The van der Waals surface area contributed by atoms with E-state index in [1.165, 1.54) is 50.6 Å². The van der Waals surface area contributed by atoms with E-state index in [0.29, 0.717) is 10.8 Å². The molecule has 1 aliphatic heterocycles. The molecule has 0 atom stereocenters. The maximum atomic E-state index is 3.66. The van der Waals surface area contributed by atoms with Crippen LogP contribution in [0.25, 0.3) is 0 Å². The van der Waals surface area contributed by atoms with E-state index in [4.69, 9.17) is 0 Å².